The van der Waals surface area contributed by atoms with Crippen LogP contribution >= 0.6 is 0 Å². The zero-order valence-electron chi connectivity index (χ0n) is 7.51. The second-order valence-corrected chi connectivity index (χ2v) is 3.62. The summed E-state index contributed by atoms with van der Waals surface area (Å²) in [6.45, 7) is 5.76. The summed E-state index contributed by atoms with van der Waals surface area (Å²) in [7, 11) is 0. The molecule has 1 N–H and O–H groups in total. The Morgan fingerprint density at radius 3 is 2.42 bits per heavy atom. The lowest BCUT2D eigenvalue weighted by Crippen LogP contribution is -2.36. The molecule has 1 heterocycles. The molecule has 0 aromatic carbocycles. The molecule has 0 spiro atoms. The Hall–Kier alpha value is -1.06. The third kappa shape index (κ3) is 1.42. The number of nitrogens with one attached hydrogen (secondary N) is 1. The van der Waals surface area contributed by atoms with E-state index in [9.17, 15) is 9.59 Å². The van der Waals surface area contributed by atoms with Crippen molar-refractivity contribution in [3.05, 3.63) is 0 Å². The van der Waals surface area contributed by atoms with Crippen LogP contribution in [0.3, 0.4) is 0 Å². The van der Waals surface area contributed by atoms with Crippen molar-refractivity contribution >= 4 is 12.0 Å². The molecule has 0 aromatic heterocycles. The first-order chi connectivity index (χ1) is 5.47. The molecule has 0 aromatic rings. The van der Waals surface area contributed by atoms with Crippen molar-refractivity contribution in [2.75, 3.05) is 0 Å². The summed E-state index contributed by atoms with van der Waals surface area (Å²) in [5, 5.41) is 2.11. The number of rotatable bonds is 2. The zero-order valence-corrected chi connectivity index (χ0v) is 7.51. The lowest BCUT2D eigenvalue weighted by atomic mass is 9.83. The quantitative estimate of drug-likeness (QED) is 0.675. The van der Waals surface area contributed by atoms with Gasteiger partial charge >= 0.3 is 6.09 Å². The minimum Gasteiger partial charge on any atom is -0.435 e. The van der Waals surface area contributed by atoms with E-state index in [1.165, 1.54) is 0 Å². The monoisotopic (exact) mass is 171 g/mol. The van der Waals surface area contributed by atoms with Gasteiger partial charge in [0.1, 0.15) is 0 Å². The molecule has 4 nitrogen and oxygen atoms in total. The highest BCUT2D eigenvalue weighted by Gasteiger charge is 2.42. The molecule has 1 atom stereocenters. The number of carbonyl (C=O) groups is 2. The Balaban J connectivity index is 2.76. The second-order valence-electron chi connectivity index (χ2n) is 3.62. The maximum absolute atomic E-state index is 11.1. The number of hydrogen-bond acceptors (Lipinski definition) is 3. The van der Waals surface area contributed by atoms with Crippen molar-refractivity contribution in [1.82, 2.24) is 5.32 Å². The van der Waals surface area contributed by atoms with Crippen LogP contribution < -0.4 is 5.32 Å². The molecule has 0 aliphatic carbocycles. The Kier molecular flexibility index (Phi) is 2.08. The van der Waals surface area contributed by atoms with E-state index in [-0.39, 0.29) is 11.3 Å². The molecule has 1 aliphatic rings. The average Bonchev–Trinajstić information content (AvgIpc) is 2.31. The van der Waals surface area contributed by atoms with Crippen molar-refractivity contribution < 1.29 is 14.3 Å². The van der Waals surface area contributed by atoms with Crippen LogP contribution in [0.5, 0.6) is 0 Å². The van der Waals surface area contributed by atoms with Crippen LogP contribution in [0.1, 0.15) is 27.2 Å². The Bertz CT molecular complexity index is 222. The molecule has 12 heavy (non-hydrogen) atoms. The van der Waals surface area contributed by atoms with Crippen LogP contribution in [0.4, 0.5) is 4.79 Å². The van der Waals surface area contributed by atoms with Crippen LogP contribution in [0.25, 0.3) is 0 Å². The molecule has 0 radical (unpaired) electrons. The molecular formula is C8H13NO3. The predicted molar refractivity (Wildman–Crippen MR) is 42.5 cm³/mol. The molecule has 0 saturated carbocycles. The molecule has 1 rings (SSSR count). The molecule has 1 aliphatic heterocycles. The molecule has 1 unspecified atom stereocenters. The van der Waals surface area contributed by atoms with E-state index < -0.39 is 12.2 Å². The maximum Gasteiger partial charge on any atom is 0.414 e. The molecular weight excluding hydrogens is 158 g/mol. The summed E-state index contributed by atoms with van der Waals surface area (Å²) >= 11 is 0. The average molecular weight is 171 g/mol. The number of carbonyl (C=O) groups excluding carboxylic acids is 2. The fraction of sp³-hybridized carbons (Fsp3) is 0.750. The highest BCUT2D eigenvalue weighted by atomic mass is 16.6. The standard InChI is InChI=1S/C8H13NO3/c1-4-8(2,3)5-6(10)9-7(11)12-5/h5H,4H2,1-3H3,(H,9,10,11). The van der Waals surface area contributed by atoms with Gasteiger partial charge in [-0.3, -0.25) is 10.1 Å². The third-order valence-corrected chi connectivity index (χ3v) is 2.31. The van der Waals surface area contributed by atoms with Gasteiger partial charge in [0.25, 0.3) is 5.91 Å². The molecule has 1 saturated heterocycles. The SMILES string of the molecule is CCC(C)(C)C1OC(=O)NC1=O. The summed E-state index contributed by atoms with van der Waals surface area (Å²) in [5.74, 6) is -0.327. The van der Waals surface area contributed by atoms with E-state index in [4.69, 9.17) is 4.74 Å². The van der Waals surface area contributed by atoms with Gasteiger partial charge < -0.3 is 4.74 Å². The van der Waals surface area contributed by atoms with Crippen LogP contribution in [0.2, 0.25) is 0 Å². The molecule has 0 bridgehead atoms. The number of alkyl carbamates (subject to hydrolysis) is 1. The summed E-state index contributed by atoms with van der Waals surface area (Å²) in [5.41, 5.74) is -0.282. The fourth-order valence-electron chi connectivity index (χ4n) is 1.06. The van der Waals surface area contributed by atoms with Gasteiger partial charge in [-0.1, -0.05) is 20.8 Å². The summed E-state index contributed by atoms with van der Waals surface area (Å²) in [4.78, 5) is 21.8. The van der Waals surface area contributed by atoms with E-state index in [2.05, 4.69) is 5.32 Å². The Labute approximate surface area is 71.3 Å². The first-order valence-electron chi connectivity index (χ1n) is 3.99. The number of imide groups is 1. The third-order valence-electron chi connectivity index (χ3n) is 2.31. The molecule has 1 fully saturated rings. The van der Waals surface area contributed by atoms with Crippen molar-refractivity contribution in [2.45, 2.75) is 33.3 Å². The number of amides is 2. The normalized spacial score (nSPS) is 23.8. The van der Waals surface area contributed by atoms with Gasteiger partial charge in [-0.05, 0) is 6.42 Å². The predicted octanol–water partition coefficient (Wildman–Crippen LogP) is 1.06. The highest BCUT2D eigenvalue weighted by molar-refractivity contribution is 6.00. The van der Waals surface area contributed by atoms with E-state index >= 15 is 0 Å². The van der Waals surface area contributed by atoms with E-state index in [0.29, 0.717) is 0 Å². The fourth-order valence-corrected chi connectivity index (χ4v) is 1.06. The van der Waals surface area contributed by atoms with Crippen molar-refractivity contribution in [3.8, 4) is 0 Å². The number of cyclic esters (lactones) is 1. The topological polar surface area (TPSA) is 55.4 Å². The van der Waals surface area contributed by atoms with Gasteiger partial charge in [0.2, 0.25) is 0 Å². The van der Waals surface area contributed by atoms with Crippen LogP contribution in [0.15, 0.2) is 0 Å². The molecule has 68 valence electrons. The van der Waals surface area contributed by atoms with E-state index in [1.54, 1.807) is 0 Å². The number of hydrogen-bond donors (Lipinski definition) is 1. The Morgan fingerprint density at radius 1 is 1.50 bits per heavy atom. The van der Waals surface area contributed by atoms with Crippen LogP contribution in [-0.4, -0.2) is 18.1 Å². The highest BCUT2D eigenvalue weighted by Crippen LogP contribution is 2.29. The van der Waals surface area contributed by atoms with Gasteiger partial charge in [0, 0.05) is 5.41 Å². The summed E-state index contributed by atoms with van der Waals surface area (Å²) < 4.78 is 4.83. The van der Waals surface area contributed by atoms with Crippen molar-refractivity contribution in [3.63, 3.8) is 0 Å². The summed E-state index contributed by atoms with van der Waals surface area (Å²) in [6.07, 6.45) is -0.472. The lowest BCUT2D eigenvalue weighted by Gasteiger charge is -2.25. The summed E-state index contributed by atoms with van der Waals surface area (Å²) in [6, 6.07) is 0. The molecule has 4 heteroatoms. The van der Waals surface area contributed by atoms with Crippen molar-refractivity contribution in [2.24, 2.45) is 5.41 Å². The molecule has 2 amide bonds. The smallest absolute Gasteiger partial charge is 0.414 e. The zero-order chi connectivity index (χ0) is 9.35. The van der Waals surface area contributed by atoms with E-state index in [0.717, 1.165) is 6.42 Å². The first-order valence-corrected chi connectivity index (χ1v) is 3.99. The van der Waals surface area contributed by atoms with Crippen LogP contribution in [0, 0.1) is 5.41 Å². The van der Waals surface area contributed by atoms with Crippen molar-refractivity contribution in [1.29, 1.82) is 0 Å². The maximum atomic E-state index is 11.1. The van der Waals surface area contributed by atoms with Gasteiger partial charge in [0.05, 0.1) is 0 Å². The van der Waals surface area contributed by atoms with Gasteiger partial charge in [-0.25, -0.2) is 4.79 Å². The Morgan fingerprint density at radius 2 is 2.08 bits per heavy atom. The lowest BCUT2D eigenvalue weighted by molar-refractivity contribution is -0.128. The minimum absolute atomic E-state index is 0.282. The van der Waals surface area contributed by atoms with Gasteiger partial charge in [-0.2, -0.15) is 0 Å². The van der Waals surface area contributed by atoms with Gasteiger partial charge in [-0.15, -0.1) is 0 Å². The van der Waals surface area contributed by atoms with Gasteiger partial charge in [0.15, 0.2) is 6.10 Å². The number of ether oxygens (including phenoxy) is 1. The first kappa shape index (κ1) is 9.03. The van der Waals surface area contributed by atoms with Crippen LogP contribution in [-0.2, 0) is 9.53 Å². The van der Waals surface area contributed by atoms with E-state index in [1.807, 2.05) is 20.8 Å². The largest absolute Gasteiger partial charge is 0.435 e. The second kappa shape index (κ2) is 2.77. The minimum atomic E-state index is -0.633.